The van der Waals surface area contributed by atoms with Gasteiger partial charge in [-0.25, -0.2) is 23.1 Å². The molecule has 0 atom stereocenters. The minimum Gasteiger partial charge on any atom is -0.379 e. The second kappa shape index (κ2) is 9.49. The molecule has 0 bridgehead atoms. The van der Waals surface area contributed by atoms with Gasteiger partial charge in [-0.05, 0) is 36.4 Å². The lowest BCUT2D eigenvalue weighted by Crippen LogP contribution is -2.49. The highest BCUT2D eigenvalue weighted by atomic mass is 32.2. The maximum absolute atomic E-state index is 12.9. The molecule has 0 spiro atoms. The number of rotatable bonds is 5. The summed E-state index contributed by atoms with van der Waals surface area (Å²) in [4.78, 5) is 25.3. The van der Waals surface area contributed by atoms with E-state index < -0.39 is 10.0 Å². The van der Waals surface area contributed by atoms with Crippen molar-refractivity contribution in [3.8, 4) is 5.69 Å². The Morgan fingerprint density at radius 3 is 2.26 bits per heavy atom. The topological polar surface area (TPSA) is 114 Å². The second-order valence-corrected chi connectivity index (χ2v) is 9.97. The summed E-state index contributed by atoms with van der Waals surface area (Å²) in [6.07, 6.45) is 4.48. The molecule has 5 rings (SSSR count). The van der Waals surface area contributed by atoms with E-state index in [4.69, 9.17) is 4.74 Å². The first-order valence-corrected chi connectivity index (χ1v) is 12.5. The van der Waals surface area contributed by atoms with E-state index in [-0.39, 0.29) is 10.8 Å². The average Bonchev–Trinajstić information content (AvgIpc) is 3.44. The van der Waals surface area contributed by atoms with Crippen LogP contribution in [0.4, 0.5) is 5.82 Å². The number of anilines is 1. The van der Waals surface area contributed by atoms with Gasteiger partial charge in [0, 0.05) is 51.0 Å². The summed E-state index contributed by atoms with van der Waals surface area (Å²) in [5.41, 5.74) is 1.46. The van der Waals surface area contributed by atoms with Crippen molar-refractivity contribution in [3.63, 3.8) is 0 Å². The Kier molecular flexibility index (Phi) is 6.26. The van der Waals surface area contributed by atoms with Crippen LogP contribution in [0.1, 0.15) is 10.4 Å². The van der Waals surface area contributed by atoms with Crippen LogP contribution in [0.5, 0.6) is 0 Å². The van der Waals surface area contributed by atoms with Gasteiger partial charge < -0.3 is 14.5 Å². The summed E-state index contributed by atoms with van der Waals surface area (Å²) in [5, 5.41) is 4.09. The van der Waals surface area contributed by atoms with Crippen LogP contribution in [-0.2, 0) is 14.8 Å². The molecule has 0 N–H and O–H groups in total. The lowest BCUT2D eigenvalue weighted by Gasteiger charge is -2.35. The molecule has 178 valence electrons. The van der Waals surface area contributed by atoms with Crippen LogP contribution in [-0.4, -0.2) is 95.8 Å². The molecule has 12 heteroatoms. The molecule has 34 heavy (non-hydrogen) atoms. The minimum absolute atomic E-state index is 0.0234. The van der Waals surface area contributed by atoms with Crippen molar-refractivity contribution in [3.05, 3.63) is 60.8 Å². The van der Waals surface area contributed by atoms with Gasteiger partial charge in [0.05, 0.1) is 18.9 Å². The monoisotopic (exact) mass is 483 g/mol. The molecule has 11 nitrogen and oxygen atoms in total. The van der Waals surface area contributed by atoms with Gasteiger partial charge in [-0.1, -0.05) is 0 Å². The summed E-state index contributed by atoms with van der Waals surface area (Å²) >= 11 is 0. The third-order valence-electron chi connectivity index (χ3n) is 6.02. The molecule has 0 aliphatic carbocycles. The zero-order valence-electron chi connectivity index (χ0n) is 18.5. The van der Waals surface area contributed by atoms with E-state index >= 15 is 0 Å². The number of sulfonamides is 1. The number of pyridine rings is 1. The number of hydrogen-bond acceptors (Lipinski definition) is 8. The van der Waals surface area contributed by atoms with Gasteiger partial charge in [-0.2, -0.15) is 9.40 Å². The molecule has 0 saturated carbocycles. The highest BCUT2D eigenvalue weighted by molar-refractivity contribution is 7.89. The Morgan fingerprint density at radius 1 is 0.912 bits per heavy atom. The fraction of sp³-hybridized carbons (Fsp3) is 0.364. The van der Waals surface area contributed by atoms with Crippen molar-refractivity contribution in [2.24, 2.45) is 0 Å². The van der Waals surface area contributed by atoms with Crippen molar-refractivity contribution in [2.75, 3.05) is 57.4 Å². The quantitative estimate of drug-likeness (QED) is 0.520. The van der Waals surface area contributed by atoms with E-state index in [9.17, 15) is 13.2 Å². The smallest absolute Gasteiger partial charge is 0.253 e. The summed E-state index contributed by atoms with van der Waals surface area (Å²) in [5.74, 6) is 0.676. The van der Waals surface area contributed by atoms with Gasteiger partial charge in [-0.15, -0.1) is 0 Å². The lowest BCUT2D eigenvalue weighted by atomic mass is 10.1. The minimum atomic E-state index is -3.57. The first-order valence-electron chi connectivity index (χ1n) is 11.1. The van der Waals surface area contributed by atoms with Gasteiger partial charge >= 0.3 is 0 Å². The number of ether oxygens (including phenoxy) is 1. The molecule has 0 radical (unpaired) electrons. The number of carbonyl (C=O) groups excluding carboxylic acids is 1. The van der Waals surface area contributed by atoms with Gasteiger partial charge in [-0.3, -0.25) is 4.79 Å². The number of benzene rings is 1. The van der Waals surface area contributed by atoms with Crippen LogP contribution in [0.25, 0.3) is 5.69 Å². The normalized spacial score (nSPS) is 17.6. The number of carbonyl (C=O) groups is 1. The molecule has 4 heterocycles. The molecule has 3 aromatic rings. The van der Waals surface area contributed by atoms with E-state index in [0.29, 0.717) is 63.9 Å². The molecule has 1 aromatic carbocycles. The average molecular weight is 484 g/mol. The lowest BCUT2D eigenvalue weighted by molar-refractivity contribution is 0.0730. The summed E-state index contributed by atoms with van der Waals surface area (Å²) in [6, 6.07) is 10.6. The number of piperazine rings is 1. The van der Waals surface area contributed by atoms with E-state index in [1.54, 1.807) is 35.3 Å². The van der Waals surface area contributed by atoms with Crippen LogP contribution >= 0.6 is 0 Å². The number of nitrogens with zero attached hydrogens (tertiary/aromatic N) is 7. The van der Waals surface area contributed by atoms with E-state index in [0.717, 1.165) is 5.69 Å². The van der Waals surface area contributed by atoms with Crippen LogP contribution < -0.4 is 4.90 Å². The number of amides is 1. The zero-order chi connectivity index (χ0) is 23.5. The maximum Gasteiger partial charge on any atom is 0.253 e. The molecular weight excluding hydrogens is 458 g/mol. The van der Waals surface area contributed by atoms with E-state index in [1.165, 1.54) is 16.8 Å². The van der Waals surface area contributed by atoms with Crippen molar-refractivity contribution in [1.29, 1.82) is 0 Å². The van der Waals surface area contributed by atoms with E-state index in [2.05, 4.69) is 20.0 Å². The Hall–Kier alpha value is -3.35. The highest BCUT2D eigenvalue weighted by Gasteiger charge is 2.27. The van der Waals surface area contributed by atoms with Gasteiger partial charge in [0.25, 0.3) is 5.91 Å². The van der Waals surface area contributed by atoms with Crippen LogP contribution in [0, 0.1) is 0 Å². The fourth-order valence-electron chi connectivity index (χ4n) is 4.07. The standard InChI is InChI=1S/C22H25N7O4S/c30-22(18-1-3-19(4-2-18)29-17-23-16-25-29)27-9-7-26(8-10-27)21-6-5-20(15-24-21)34(31,32)28-11-13-33-14-12-28/h1-6,15-17H,7-14H2. The van der Waals surface area contributed by atoms with Gasteiger partial charge in [0.15, 0.2) is 0 Å². The van der Waals surface area contributed by atoms with Crippen molar-refractivity contribution in [1.82, 2.24) is 29.0 Å². The SMILES string of the molecule is O=C(c1ccc(-n2cncn2)cc1)N1CCN(c2ccc(S(=O)(=O)N3CCOCC3)cn2)CC1. The Balaban J connectivity index is 1.19. The van der Waals surface area contributed by atoms with Crippen molar-refractivity contribution >= 4 is 21.7 Å². The van der Waals surface area contributed by atoms with Crippen molar-refractivity contribution < 1.29 is 17.9 Å². The van der Waals surface area contributed by atoms with Gasteiger partial charge in [0.2, 0.25) is 10.0 Å². The predicted octanol–water partition coefficient (Wildman–Crippen LogP) is 0.646. The molecular formula is C22H25N7O4S. The third kappa shape index (κ3) is 4.52. The molecule has 2 saturated heterocycles. The third-order valence-corrected chi connectivity index (χ3v) is 7.90. The molecule has 2 aliphatic rings. The van der Waals surface area contributed by atoms with E-state index in [1.807, 2.05) is 17.0 Å². The fourth-order valence-corrected chi connectivity index (χ4v) is 5.42. The maximum atomic E-state index is 12.9. The Labute approximate surface area is 197 Å². The Morgan fingerprint density at radius 2 is 1.65 bits per heavy atom. The molecule has 2 aromatic heterocycles. The largest absolute Gasteiger partial charge is 0.379 e. The number of aromatic nitrogens is 4. The Bertz CT molecular complexity index is 1220. The highest BCUT2D eigenvalue weighted by Crippen LogP contribution is 2.21. The number of hydrogen-bond donors (Lipinski definition) is 0. The van der Waals surface area contributed by atoms with Crippen LogP contribution in [0.3, 0.4) is 0 Å². The first-order chi connectivity index (χ1) is 16.5. The predicted molar refractivity (Wildman–Crippen MR) is 123 cm³/mol. The second-order valence-electron chi connectivity index (χ2n) is 8.03. The first kappa shape index (κ1) is 22.4. The molecule has 2 aliphatic heterocycles. The molecule has 2 fully saturated rings. The molecule has 1 amide bonds. The summed E-state index contributed by atoms with van der Waals surface area (Å²) in [7, 11) is -3.57. The number of morpholine rings is 1. The van der Waals surface area contributed by atoms with Crippen LogP contribution in [0.15, 0.2) is 60.1 Å². The molecule has 0 unspecified atom stereocenters. The zero-order valence-corrected chi connectivity index (χ0v) is 19.3. The van der Waals surface area contributed by atoms with Crippen molar-refractivity contribution in [2.45, 2.75) is 4.90 Å². The summed E-state index contributed by atoms with van der Waals surface area (Å²) in [6.45, 7) is 3.85. The van der Waals surface area contributed by atoms with Crippen LogP contribution in [0.2, 0.25) is 0 Å². The van der Waals surface area contributed by atoms with Gasteiger partial charge in [0.1, 0.15) is 23.4 Å². The summed E-state index contributed by atoms with van der Waals surface area (Å²) < 4.78 is 33.9.